The number of hydrogen-bond acceptors (Lipinski definition) is 4. The lowest BCUT2D eigenvalue weighted by molar-refractivity contribution is -0.121. The monoisotopic (exact) mass is 399 g/mol. The Kier molecular flexibility index (Phi) is 5.43. The summed E-state index contributed by atoms with van der Waals surface area (Å²) in [4.78, 5) is 29.5. The molecule has 3 aromatic carbocycles. The van der Waals surface area contributed by atoms with Crippen LogP contribution in [0.2, 0.25) is 0 Å². The SMILES string of the molecule is Cn1c(CC(=O)NNC(=O)c2ccccc2Nc2ccccc2)nc2ccccc21. The predicted molar refractivity (Wildman–Crippen MR) is 116 cm³/mol. The fraction of sp³-hybridized carbons (Fsp3) is 0.0870. The Morgan fingerprint density at radius 1 is 0.867 bits per heavy atom. The van der Waals surface area contributed by atoms with Crippen molar-refractivity contribution in [1.29, 1.82) is 0 Å². The molecule has 2 amide bonds. The number of nitrogens with zero attached hydrogens (tertiary/aromatic N) is 2. The van der Waals surface area contributed by atoms with Gasteiger partial charge in [0, 0.05) is 12.7 Å². The average Bonchev–Trinajstić information content (AvgIpc) is 3.08. The first kappa shape index (κ1) is 19.2. The number of amides is 2. The Labute approximate surface area is 173 Å². The lowest BCUT2D eigenvalue weighted by Gasteiger charge is -2.13. The lowest BCUT2D eigenvalue weighted by Crippen LogP contribution is -2.42. The Hall–Kier alpha value is -4.13. The summed E-state index contributed by atoms with van der Waals surface area (Å²) in [7, 11) is 1.86. The highest BCUT2D eigenvalue weighted by Gasteiger charge is 2.14. The molecular formula is C23H21N5O2. The van der Waals surface area contributed by atoms with Crippen molar-refractivity contribution >= 4 is 34.2 Å². The van der Waals surface area contributed by atoms with Crippen molar-refractivity contribution in [2.75, 3.05) is 5.32 Å². The van der Waals surface area contributed by atoms with Crippen LogP contribution in [0.15, 0.2) is 78.9 Å². The molecule has 0 saturated carbocycles. The van der Waals surface area contributed by atoms with Crippen molar-refractivity contribution in [3.05, 3.63) is 90.3 Å². The Bertz CT molecular complexity index is 1200. The summed E-state index contributed by atoms with van der Waals surface area (Å²) in [6, 6.07) is 24.3. The standard InChI is InChI=1S/C23H21N5O2/c1-28-20-14-8-7-13-19(20)25-21(28)15-22(29)26-27-23(30)17-11-5-6-12-18(17)24-16-9-3-2-4-10-16/h2-14,24H,15H2,1H3,(H,26,29)(H,27,30). The molecule has 4 rings (SSSR count). The van der Waals surface area contributed by atoms with Gasteiger partial charge in [-0.3, -0.25) is 20.4 Å². The minimum atomic E-state index is -0.410. The number of aromatic nitrogens is 2. The number of nitrogens with one attached hydrogen (secondary N) is 3. The van der Waals surface area contributed by atoms with Crippen LogP contribution in [-0.4, -0.2) is 21.4 Å². The van der Waals surface area contributed by atoms with E-state index in [4.69, 9.17) is 0 Å². The van der Waals surface area contributed by atoms with E-state index in [1.807, 2.05) is 78.3 Å². The molecule has 30 heavy (non-hydrogen) atoms. The third-order valence-electron chi connectivity index (χ3n) is 4.74. The maximum atomic E-state index is 12.6. The third kappa shape index (κ3) is 4.15. The van der Waals surface area contributed by atoms with Gasteiger partial charge in [-0.15, -0.1) is 0 Å². The average molecular weight is 399 g/mol. The number of carbonyl (C=O) groups is 2. The lowest BCUT2D eigenvalue weighted by atomic mass is 10.1. The van der Waals surface area contributed by atoms with Gasteiger partial charge in [-0.2, -0.15) is 0 Å². The summed E-state index contributed by atoms with van der Waals surface area (Å²) in [6.07, 6.45) is 0.0510. The van der Waals surface area contributed by atoms with Crippen molar-refractivity contribution in [2.24, 2.45) is 7.05 Å². The quantitative estimate of drug-likeness (QED) is 0.449. The summed E-state index contributed by atoms with van der Waals surface area (Å²) in [6.45, 7) is 0. The highest BCUT2D eigenvalue weighted by atomic mass is 16.2. The van der Waals surface area contributed by atoms with Gasteiger partial charge >= 0.3 is 0 Å². The highest BCUT2D eigenvalue weighted by Crippen LogP contribution is 2.20. The summed E-state index contributed by atoms with van der Waals surface area (Å²) in [5, 5.41) is 3.22. The molecule has 1 aromatic heterocycles. The molecule has 3 N–H and O–H groups in total. The molecule has 0 fully saturated rings. The molecule has 150 valence electrons. The van der Waals surface area contributed by atoms with Gasteiger partial charge in [-0.1, -0.05) is 42.5 Å². The molecule has 0 aliphatic rings. The fourth-order valence-electron chi connectivity index (χ4n) is 3.20. The van der Waals surface area contributed by atoms with Crippen molar-refractivity contribution in [2.45, 2.75) is 6.42 Å². The minimum Gasteiger partial charge on any atom is -0.355 e. The van der Waals surface area contributed by atoms with E-state index < -0.39 is 5.91 Å². The molecule has 0 atom stereocenters. The van der Waals surface area contributed by atoms with Crippen LogP contribution in [0, 0.1) is 0 Å². The van der Waals surface area contributed by atoms with Crippen LogP contribution in [0.25, 0.3) is 11.0 Å². The van der Waals surface area contributed by atoms with E-state index in [1.54, 1.807) is 12.1 Å². The number of rotatable bonds is 5. The molecule has 0 aliphatic carbocycles. The molecule has 4 aromatic rings. The Balaban J connectivity index is 1.41. The zero-order chi connectivity index (χ0) is 20.9. The summed E-state index contributed by atoms with van der Waals surface area (Å²) in [5.74, 6) is -0.142. The van der Waals surface area contributed by atoms with Crippen LogP contribution in [0.1, 0.15) is 16.2 Å². The third-order valence-corrected chi connectivity index (χ3v) is 4.74. The van der Waals surface area contributed by atoms with Crippen LogP contribution in [0.3, 0.4) is 0 Å². The second-order valence-electron chi connectivity index (χ2n) is 6.79. The van der Waals surface area contributed by atoms with Gasteiger partial charge < -0.3 is 9.88 Å². The van der Waals surface area contributed by atoms with Gasteiger partial charge in [0.15, 0.2) is 0 Å². The van der Waals surface area contributed by atoms with Crippen molar-refractivity contribution < 1.29 is 9.59 Å². The molecule has 0 unspecified atom stereocenters. The van der Waals surface area contributed by atoms with Crippen molar-refractivity contribution in [3.63, 3.8) is 0 Å². The number of hydrogen-bond donors (Lipinski definition) is 3. The second kappa shape index (κ2) is 8.48. The van der Waals surface area contributed by atoms with Crippen LogP contribution in [0.4, 0.5) is 11.4 Å². The minimum absolute atomic E-state index is 0.0510. The van der Waals surface area contributed by atoms with E-state index in [9.17, 15) is 9.59 Å². The van der Waals surface area contributed by atoms with Crippen molar-refractivity contribution in [1.82, 2.24) is 20.4 Å². The fourth-order valence-corrected chi connectivity index (χ4v) is 3.20. The van der Waals surface area contributed by atoms with E-state index in [1.165, 1.54) is 0 Å². The first-order chi connectivity index (χ1) is 14.6. The number of benzene rings is 3. The highest BCUT2D eigenvalue weighted by molar-refractivity contribution is 6.01. The molecule has 1 heterocycles. The van der Waals surface area contributed by atoms with Gasteiger partial charge in [-0.05, 0) is 36.4 Å². The summed E-state index contributed by atoms with van der Waals surface area (Å²) < 4.78 is 1.87. The van der Waals surface area contributed by atoms with Crippen molar-refractivity contribution in [3.8, 4) is 0 Å². The van der Waals surface area contributed by atoms with Gasteiger partial charge in [0.25, 0.3) is 5.91 Å². The van der Waals surface area contributed by atoms with Crippen LogP contribution >= 0.6 is 0 Å². The van der Waals surface area contributed by atoms with Gasteiger partial charge in [0.2, 0.25) is 5.91 Å². The predicted octanol–water partition coefficient (Wildman–Crippen LogP) is 3.32. The van der Waals surface area contributed by atoms with Crippen LogP contribution < -0.4 is 16.2 Å². The maximum absolute atomic E-state index is 12.6. The smallest absolute Gasteiger partial charge is 0.271 e. The topological polar surface area (TPSA) is 88.0 Å². The molecule has 7 heteroatoms. The van der Waals surface area contributed by atoms with E-state index in [2.05, 4.69) is 21.2 Å². The summed E-state index contributed by atoms with van der Waals surface area (Å²) >= 11 is 0. The van der Waals surface area contributed by atoms with E-state index in [0.717, 1.165) is 16.7 Å². The molecule has 0 spiro atoms. The first-order valence-corrected chi connectivity index (χ1v) is 9.52. The Morgan fingerprint density at radius 3 is 2.37 bits per heavy atom. The molecule has 0 aliphatic heterocycles. The normalized spacial score (nSPS) is 10.6. The largest absolute Gasteiger partial charge is 0.355 e. The number of carbonyl (C=O) groups excluding carboxylic acids is 2. The maximum Gasteiger partial charge on any atom is 0.271 e. The molecular weight excluding hydrogens is 378 g/mol. The zero-order valence-corrected chi connectivity index (χ0v) is 16.4. The molecule has 0 bridgehead atoms. The molecule has 0 radical (unpaired) electrons. The first-order valence-electron chi connectivity index (χ1n) is 9.52. The van der Waals surface area contributed by atoms with E-state index >= 15 is 0 Å². The van der Waals surface area contributed by atoms with Gasteiger partial charge in [-0.25, -0.2) is 4.98 Å². The second-order valence-corrected chi connectivity index (χ2v) is 6.79. The number of anilines is 2. The number of fused-ring (bicyclic) bond motifs is 1. The van der Waals surface area contributed by atoms with E-state index in [-0.39, 0.29) is 12.3 Å². The molecule has 0 saturated heterocycles. The Morgan fingerprint density at radius 2 is 1.57 bits per heavy atom. The van der Waals surface area contributed by atoms with E-state index in [0.29, 0.717) is 17.1 Å². The number of aryl methyl sites for hydroxylation is 1. The van der Waals surface area contributed by atoms with Gasteiger partial charge in [0.1, 0.15) is 5.82 Å². The van der Waals surface area contributed by atoms with Gasteiger partial charge in [0.05, 0.1) is 28.7 Å². The number of hydrazine groups is 1. The summed E-state index contributed by atoms with van der Waals surface area (Å²) in [5.41, 5.74) is 8.66. The zero-order valence-electron chi connectivity index (χ0n) is 16.4. The number of imidazole rings is 1. The molecule has 7 nitrogen and oxygen atoms in total. The van der Waals surface area contributed by atoms with Crippen LogP contribution in [0.5, 0.6) is 0 Å². The van der Waals surface area contributed by atoms with Crippen LogP contribution in [-0.2, 0) is 18.3 Å². The number of para-hydroxylation sites is 4.